The Kier molecular flexibility index (Phi) is 2.51. The normalized spacial score (nSPS) is 11.6. The second-order valence-corrected chi connectivity index (χ2v) is 3.94. The molecule has 0 saturated carbocycles. The van der Waals surface area contributed by atoms with Crippen LogP contribution in [0.2, 0.25) is 1.41 Å². The third-order valence-electron chi connectivity index (χ3n) is 2.58. The highest BCUT2D eigenvalue weighted by atomic mass is 16.5. The number of aromatic amines is 1. The van der Waals surface area contributed by atoms with Crippen molar-refractivity contribution in [1.82, 2.24) is 45.0 Å². The molecule has 0 aliphatic rings. The summed E-state index contributed by atoms with van der Waals surface area (Å²) in [4.78, 5) is 11.9. The number of rotatable bonds is 4. The largest absolute Gasteiger partial charge is 0.470 e. The van der Waals surface area contributed by atoms with Gasteiger partial charge in [0.1, 0.15) is 12.3 Å². The zero-order chi connectivity index (χ0) is 15.0. The Morgan fingerprint density at radius 1 is 1.35 bits per heavy atom. The summed E-state index contributed by atoms with van der Waals surface area (Å²) >= 11 is 0. The summed E-state index contributed by atoms with van der Waals surface area (Å²) in [6.07, 6.45) is 1.43. The number of ether oxygens (including phenoxy) is 1. The van der Waals surface area contributed by atoms with Gasteiger partial charge in [-0.2, -0.15) is 4.68 Å². The molecule has 0 bridgehead atoms. The van der Waals surface area contributed by atoms with Gasteiger partial charge in [-0.15, -0.1) is 14.9 Å². The molecule has 3 heterocycles. The average molecular weight is 279 g/mol. The summed E-state index contributed by atoms with van der Waals surface area (Å²) in [6.45, 7) is 0.0310. The summed E-state index contributed by atoms with van der Waals surface area (Å²) in [5.41, 5.74) is -0.0169. The standard InChI is InChI=1S/C9H11N9O2/c1-16-8(18-9(19)17(2)14-15-18)6(11-13-16)5-20-7-3-4-10-12-7/h3-4H,5H2,1-2H3,(H,10,12)/i/hT. The van der Waals surface area contributed by atoms with Crippen molar-refractivity contribution in [3.63, 3.8) is 0 Å². The third-order valence-corrected chi connectivity index (χ3v) is 2.58. The van der Waals surface area contributed by atoms with E-state index >= 15 is 0 Å². The van der Waals surface area contributed by atoms with Gasteiger partial charge in [-0.3, -0.25) is 5.09 Å². The van der Waals surface area contributed by atoms with E-state index in [1.54, 1.807) is 7.05 Å². The molecule has 0 spiro atoms. The van der Waals surface area contributed by atoms with E-state index in [-0.39, 0.29) is 12.5 Å². The lowest BCUT2D eigenvalue weighted by atomic mass is 10.4. The van der Waals surface area contributed by atoms with E-state index < -0.39 is 5.69 Å². The number of H-pyrrole nitrogens is 1. The van der Waals surface area contributed by atoms with Crippen LogP contribution in [-0.2, 0) is 20.7 Å². The maximum absolute atomic E-state index is 11.9. The third kappa shape index (κ3) is 1.94. The molecule has 0 saturated heterocycles. The van der Waals surface area contributed by atoms with Crippen LogP contribution in [0, 0.1) is 0 Å². The molecule has 0 radical (unpaired) electrons. The lowest BCUT2D eigenvalue weighted by molar-refractivity contribution is 0.288. The topological polar surface area (TPSA) is 121 Å². The Morgan fingerprint density at radius 2 is 2.20 bits per heavy atom. The van der Waals surface area contributed by atoms with E-state index in [0.717, 1.165) is 14.5 Å². The SMILES string of the molecule is [3H]n1ccc(OCc2nnn(C)c2-n2nnn(C)c2=O)n1. The fourth-order valence-electron chi connectivity index (χ4n) is 1.63. The van der Waals surface area contributed by atoms with Crippen molar-refractivity contribution < 1.29 is 6.15 Å². The molecule has 0 unspecified atom stereocenters. The lowest BCUT2D eigenvalue weighted by Gasteiger charge is -2.02. The Morgan fingerprint density at radius 3 is 2.85 bits per heavy atom. The highest BCUT2D eigenvalue weighted by molar-refractivity contribution is 5.25. The Bertz CT molecular complexity index is 829. The Balaban J connectivity index is 1.90. The molecule has 3 aromatic heterocycles. The fourth-order valence-corrected chi connectivity index (χ4v) is 1.63. The van der Waals surface area contributed by atoms with Crippen LogP contribution in [0.3, 0.4) is 0 Å². The van der Waals surface area contributed by atoms with Crippen molar-refractivity contribution in [2.45, 2.75) is 6.61 Å². The molecule has 11 nitrogen and oxygen atoms in total. The zero-order valence-electron chi connectivity index (χ0n) is 11.7. The highest BCUT2D eigenvalue weighted by Crippen LogP contribution is 2.11. The first-order chi connectivity index (χ1) is 10.1. The predicted molar refractivity (Wildman–Crippen MR) is 64.1 cm³/mol. The van der Waals surface area contributed by atoms with E-state index in [1.807, 2.05) is 0 Å². The van der Waals surface area contributed by atoms with Crippen molar-refractivity contribution in [3.8, 4) is 11.7 Å². The molecule has 0 atom stereocenters. The van der Waals surface area contributed by atoms with Crippen molar-refractivity contribution in [2.75, 3.05) is 0 Å². The van der Waals surface area contributed by atoms with Crippen LogP contribution in [-0.4, -0.2) is 45.0 Å². The van der Waals surface area contributed by atoms with Gasteiger partial charge >= 0.3 is 5.69 Å². The smallest absolute Gasteiger partial charge is 0.369 e. The summed E-state index contributed by atoms with van der Waals surface area (Å²) < 4.78 is 16.2. The number of hydrogen-bond acceptors (Lipinski definition) is 7. The van der Waals surface area contributed by atoms with Gasteiger partial charge in [0.25, 0.3) is 0 Å². The first-order valence-electron chi connectivity index (χ1n) is 6.06. The van der Waals surface area contributed by atoms with E-state index in [1.165, 1.54) is 24.0 Å². The predicted octanol–water partition coefficient (Wildman–Crippen LogP) is -1.60. The number of hydrogen-bond donors (Lipinski definition) is 1. The summed E-state index contributed by atoms with van der Waals surface area (Å²) in [5, 5.41) is 19.8. The molecule has 0 aliphatic carbocycles. The van der Waals surface area contributed by atoms with E-state index in [2.05, 4.69) is 25.8 Å². The first-order valence-corrected chi connectivity index (χ1v) is 5.62. The van der Waals surface area contributed by atoms with Gasteiger partial charge in [-0.1, -0.05) is 5.21 Å². The van der Waals surface area contributed by atoms with Gasteiger partial charge in [0.05, 0.1) is 0 Å². The van der Waals surface area contributed by atoms with Crippen LogP contribution in [0.4, 0.5) is 0 Å². The van der Waals surface area contributed by atoms with Crippen molar-refractivity contribution in [3.05, 3.63) is 28.4 Å². The number of aromatic nitrogens is 9. The van der Waals surface area contributed by atoms with Crippen LogP contribution in [0.5, 0.6) is 5.88 Å². The maximum Gasteiger partial charge on any atom is 0.369 e. The average Bonchev–Trinajstić information content (AvgIpc) is 3.11. The van der Waals surface area contributed by atoms with Crippen molar-refractivity contribution in [1.29, 1.82) is 0 Å². The van der Waals surface area contributed by atoms with E-state index in [4.69, 9.17) is 6.15 Å². The number of aryl methyl sites for hydroxylation is 2. The van der Waals surface area contributed by atoms with Crippen molar-refractivity contribution in [2.24, 2.45) is 14.1 Å². The van der Waals surface area contributed by atoms with Crippen molar-refractivity contribution >= 4 is 0 Å². The second kappa shape index (κ2) is 4.60. The quantitative estimate of drug-likeness (QED) is 0.610. The molecule has 1 N–H and O–H groups in total. The zero-order valence-corrected chi connectivity index (χ0v) is 10.7. The fraction of sp³-hybridized carbons (Fsp3) is 0.333. The number of tetrazole rings is 1. The van der Waals surface area contributed by atoms with Gasteiger partial charge in [0, 0.05) is 26.4 Å². The molecule has 104 valence electrons. The first kappa shape index (κ1) is 10.9. The van der Waals surface area contributed by atoms with Gasteiger partial charge in [-0.25, -0.2) is 9.48 Å². The van der Waals surface area contributed by atoms with Gasteiger partial charge in [0.2, 0.25) is 5.88 Å². The lowest BCUT2D eigenvalue weighted by Crippen LogP contribution is -2.24. The molecular weight excluding hydrogens is 266 g/mol. The van der Waals surface area contributed by atoms with Gasteiger partial charge in [-0.05, 0) is 10.4 Å². The molecule has 0 amide bonds. The van der Waals surface area contributed by atoms with Crippen LogP contribution in [0.15, 0.2) is 17.1 Å². The summed E-state index contributed by atoms with van der Waals surface area (Å²) in [7, 11) is 3.12. The van der Waals surface area contributed by atoms with E-state index in [0.29, 0.717) is 11.5 Å². The molecule has 11 heteroatoms. The summed E-state index contributed by atoms with van der Waals surface area (Å²) in [5.74, 6) is 0.631. The molecule has 0 aromatic carbocycles. The van der Waals surface area contributed by atoms with Crippen LogP contribution in [0.1, 0.15) is 5.69 Å². The molecule has 0 aliphatic heterocycles. The Labute approximate surface area is 113 Å². The van der Waals surface area contributed by atoms with Gasteiger partial charge in [0.15, 0.2) is 7.23 Å². The monoisotopic (exact) mass is 279 g/mol. The molecule has 3 rings (SSSR count). The maximum atomic E-state index is 11.9. The molecule has 0 fully saturated rings. The van der Waals surface area contributed by atoms with E-state index in [9.17, 15) is 4.79 Å². The van der Waals surface area contributed by atoms with Gasteiger partial charge < -0.3 is 4.74 Å². The molecule has 20 heavy (non-hydrogen) atoms. The second-order valence-electron chi connectivity index (χ2n) is 3.94. The Hall–Kier alpha value is -2.98. The summed E-state index contributed by atoms with van der Waals surface area (Å²) in [6, 6.07) is 1.54. The minimum atomic E-state index is -0.419. The molecular formula is C9H11N9O2. The minimum Gasteiger partial charge on any atom is -0.470 e. The molecule has 3 aromatic rings. The van der Waals surface area contributed by atoms with Crippen LogP contribution < -0.4 is 10.4 Å². The minimum absolute atomic E-state index is 0.0310. The number of nitrogens with one attached hydrogen (secondary N) is 1. The highest BCUT2D eigenvalue weighted by Gasteiger charge is 2.18. The van der Waals surface area contributed by atoms with Crippen LogP contribution in [0.25, 0.3) is 5.82 Å². The number of nitrogens with zero attached hydrogens (tertiary/aromatic N) is 8. The van der Waals surface area contributed by atoms with Crippen LogP contribution >= 0.6 is 0 Å².